The van der Waals surface area contributed by atoms with Crippen LogP contribution in [0.2, 0.25) is 0 Å². The fourth-order valence-corrected chi connectivity index (χ4v) is 3.13. The zero-order valence-corrected chi connectivity index (χ0v) is 11.7. The van der Waals surface area contributed by atoms with Gasteiger partial charge in [-0.25, -0.2) is 0 Å². The van der Waals surface area contributed by atoms with Gasteiger partial charge in [-0.2, -0.15) is 11.8 Å². The van der Waals surface area contributed by atoms with Gasteiger partial charge < -0.3 is 10.6 Å². The Hall–Kier alpha value is -1.000. The zero-order valence-electron chi connectivity index (χ0n) is 10.9. The smallest absolute Gasteiger partial charge is 0.238 e. The summed E-state index contributed by atoms with van der Waals surface area (Å²) < 4.78 is 0. The molecule has 1 heterocycles. The molecular formula is C14H20N2OS. The molecule has 18 heavy (non-hydrogen) atoms. The van der Waals surface area contributed by atoms with E-state index >= 15 is 0 Å². The number of hydrogen-bond acceptors (Lipinski definition) is 3. The molecule has 4 heteroatoms. The summed E-state index contributed by atoms with van der Waals surface area (Å²) >= 11 is 1.83. The summed E-state index contributed by atoms with van der Waals surface area (Å²) in [7, 11) is 0. The second-order valence-corrected chi connectivity index (χ2v) is 5.82. The summed E-state index contributed by atoms with van der Waals surface area (Å²) in [6, 6.07) is 8.20. The number of hydrogen-bond donors (Lipinski definition) is 2. The van der Waals surface area contributed by atoms with Crippen LogP contribution in [-0.4, -0.2) is 30.0 Å². The first-order valence-electron chi connectivity index (χ1n) is 6.35. The zero-order chi connectivity index (χ0) is 13.0. The molecule has 1 fully saturated rings. The molecule has 0 spiro atoms. The minimum Gasteiger partial charge on any atom is -0.348 e. The Bertz CT molecular complexity index is 416. The lowest BCUT2D eigenvalue weighted by Gasteiger charge is -2.25. The summed E-state index contributed by atoms with van der Waals surface area (Å²) in [4.78, 5) is 12.1. The van der Waals surface area contributed by atoms with Gasteiger partial charge in [0.25, 0.3) is 0 Å². The second kappa shape index (κ2) is 6.25. The van der Waals surface area contributed by atoms with Crippen molar-refractivity contribution in [2.45, 2.75) is 25.9 Å². The van der Waals surface area contributed by atoms with Crippen LogP contribution in [0.4, 0.5) is 0 Å². The molecule has 0 bridgehead atoms. The third kappa shape index (κ3) is 3.27. The first kappa shape index (κ1) is 13.4. The number of aryl methyl sites for hydroxylation is 1. The van der Waals surface area contributed by atoms with Crippen LogP contribution in [0.3, 0.4) is 0 Å². The van der Waals surface area contributed by atoms with Gasteiger partial charge in [0.15, 0.2) is 0 Å². The lowest BCUT2D eigenvalue weighted by atomic mass is 10.0. The van der Waals surface area contributed by atoms with Crippen molar-refractivity contribution in [2.75, 3.05) is 18.1 Å². The Labute approximate surface area is 113 Å². The molecule has 1 aromatic rings. The van der Waals surface area contributed by atoms with E-state index in [1.165, 1.54) is 11.1 Å². The molecule has 0 aromatic heterocycles. The average Bonchev–Trinajstić information content (AvgIpc) is 2.40. The summed E-state index contributed by atoms with van der Waals surface area (Å²) in [5, 5.41) is 6.35. The molecule has 1 unspecified atom stereocenters. The topological polar surface area (TPSA) is 41.1 Å². The Kier molecular flexibility index (Phi) is 4.66. The van der Waals surface area contributed by atoms with Crippen molar-refractivity contribution in [2.24, 2.45) is 0 Å². The van der Waals surface area contributed by atoms with Crippen LogP contribution in [0, 0.1) is 6.92 Å². The number of nitrogens with one attached hydrogen (secondary N) is 2. The van der Waals surface area contributed by atoms with Gasteiger partial charge in [-0.1, -0.05) is 24.3 Å². The fraction of sp³-hybridized carbons (Fsp3) is 0.500. The Morgan fingerprint density at radius 3 is 2.94 bits per heavy atom. The molecular weight excluding hydrogens is 244 g/mol. The average molecular weight is 264 g/mol. The third-order valence-corrected chi connectivity index (χ3v) is 4.31. The van der Waals surface area contributed by atoms with Gasteiger partial charge in [0.1, 0.15) is 0 Å². The predicted molar refractivity (Wildman–Crippen MR) is 76.9 cm³/mol. The van der Waals surface area contributed by atoms with Gasteiger partial charge >= 0.3 is 0 Å². The molecule has 1 saturated heterocycles. The molecule has 1 aliphatic rings. The standard InChI is InChI=1S/C14H20N2OS/c1-10-5-3-4-6-12(10)11(2)16-14(17)13-9-18-8-7-15-13/h3-6,11,13,15H,7-9H2,1-2H3,(H,16,17)/t11-,13?/m1/s1. The Morgan fingerprint density at radius 2 is 2.28 bits per heavy atom. The van der Waals surface area contributed by atoms with E-state index in [4.69, 9.17) is 0 Å². The van der Waals surface area contributed by atoms with Crippen molar-refractivity contribution in [1.82, 2.24) is 10.6 Å². The summed E-state index contributed by atoms with van der Waals surface area (Å²) in [5.74, 6) is 2.07. The first-order valence-corrected chi connectivity index (χ1v) is 7.51. The molecule has 1 aliphatic heterocycles. The second-order valence-electron chi connectivity index (χ2n) is 4.67. The van der Waals surface area contributed by atoms with Gasteiger partial charge in [0.2, 0.25) is 5.91 Å². The monoisotopic (exact) mass is 264 g/mol. The van der Waals surface area contributed by atoms with Gasteiger partial charge in [0, 0.05) is 18.1 Å². The van der Waals surface area contributed by atoms with E-state index in [0.717, 1.165) is 18.1 Å². The minimum absolute atomic E-state index is 0.0461. The van der Waals surface area contributed by atoms with Crippen LogP contribution in [0.25, 0.3) is 0 Å². The molecule has 0 aliphatic carbocycles. The third-order valence-electron chi connectivity index (χ3n) is 3.25. The van der Waals surface area contributed by atoms with Crippen molar-refractivity contribution >= 4 is 17.7 Å². The highest BCUT2D eigenvalue weighted by atomic mass is 32.2. The molecule has 1 aromatic carbocycles. The maximum atomic E-state index is 12.1. The highest BCUT2D eigenvalue weighted by Gasteiger charge is 2.22. The molecule has 2 N–H and O–H groups in total. The van der Waals surface area contributed by atoms with E-state index in [9.17, 15) is 4.79 Å². The first-order chi connectivity index (χ1) is 8.68. The van der Waals surface area contributed by atoms with Crippen LogP contribution < -0.4 is 10.6 Å². The SMILES string of the molecule is Cc1ccccc1[C@@H](C)NC(=O)C1CSCCN1. The van der Waals surface area contributed by atoms with Gasteiger partial charge in [-0.3, -0.25) is 4.79 Å². The Morgan fingerprint density at radius 1 is 1.50 bits per heavy atom. The van der Waals surface area contributed by atoms with E-state index in [0.29, 0.717) is 0 Å². The number of rotatable bonds is 3. The summed E-state index contributed by atoms with van der Waals surface area (Å²) in [6.07, 6.45) is 0. The fourth-order valence-electron chi connectivity index (χ4n) is 2.20. The number of amides is 1. The van der Waals surface area contributed by atoms with Crippen molar-refractivity contribution in [3.05, 3.63) is 35.4 Å². The molecule has 98 valence electrons. The van der Waals surface area contributed by atoms with E-state index in [-0.39, 0.29) is 18.0 Å². The van der Waals surface area contributed by atoms with Crippen LogP contribution in [-0.2, 0) is 4.79 Å². The van der Waals surface area contributed by atoms with E-state index in [1.807, 2.05) is 30.8 Å². The number of thioether (sulfide) groups is 1. The highest BCUT2D eigenvalue weighted by Crippen LogP contribution is 2.17. The van der Waals surface area contributed by atoms with Crippen LogP contribution >= 0.6 is 11.8 Å². The van der Waals surface area contributed by atoms with Crippen LogP contribution in [0.1, 0.15) is 24.1 Å². The van der Waals surface area contributed by atoms with E-state index in [1.54, 1.807) is 0 Å². The summed E-state index contributed by atoms with van der Waals surface area (Å²) in [6.45, 7) is 5.03. The Balaban J connectivity index is 1.96. The van der Waals surface area contributed by atoms with Gasteiger partial charge in [0.05, 0.1) is 12.1 Å². The largest absolute Gasteiger partial charge is 0.348 e. The molecule has 0 saturated carbocycles. The van der Waals surface area contributed by atoms with Crippen molar-refractivity contribution in [3.8, 4) is 0 Å². The summed E-state index contributed by atoms with van der Waals surface area (Å²) in [5.41, 5.74) is 2.41. The normalized spacial score (nSPS) is 21.3. The quantitative estimate of drug-likeness (QED) is 0.876. The molecule has 2 atom stereocenters. The molecule has 1 amide bonds. The van der Waals surface area contributed by atoms with Crippen LogP contribution in [0.5, 0.6) is 0 Å². The van der Waals surface area contributed by atoms with Crippen molar-refractivity contribution in [3.63, 3.8) is 0 Å². The van der Waals surface area contributed by atoms with Crippen LogP contribution in [0.15, 0.2) is 24.3 Å². The molecule has 3 nitrogen and oxygen atoms in total. The highest BCUT2D eigenvalue weighted by molar-refractivity contribution is 7.99. The maximum Gasteiger partial charge on any atom is 0.238 e. The minimum atomic E-state index is -0.0461. The number of carbonyl (C=O) groups is 1. The van der Waals surface area contributed by atoms with E-state index < -0.39 is 0 Å². The molecule has 0 radical (unpaired) electrons. The predicted octanol–water partition coefficient (Wildman–Crippen LogP) is 1.88. The maximum absolute atomic E-state index is 12.1. The van der Waals surface area contributed by atoms with Gasteiger partial charge in [-0.05, 0) is 25.0 Å². The van der Waals surface area contributed by atoms with E-state index in [2.05, 4.69) is 29.7 Å². The van der Waals surface area contributed by atoms with Gasteiger partial charge in [-0.15, -0.1) is 0 Å². The number of benzene rings is 1. The molecule has 2 rings (SSSR count). The lowest BCUT2D eigenvalue weighted by Crippen LogP contribution is -2.49. The van der Waals surface area contributed by atoms with Crippen molar-refractivity contribution < 1.29 is 4.79 Å². The lowest BCUT2D eigenvalue weighted by molar-refractivity contribution is -0.123. The number of carbonyl (C=O) groups excluding carboxylic acids is 1. The van der Waals surface area contributed by atoms with Crippen molar-refractivity contribution in [1.29, 1.82) is 0 Å².